The van der Waals surface area contributed by atoms with Crippen LogP contribution in [0.25, 0.3) is 5.69 Å². The third-order valence-electron chi connectivity index (χ3n) is 6.54. The van der Waals surface area contributed by atoms with Gasteiger partial charge in [-0.25, -0.2) is 0 Å². The van der Waals surface area contributed by atoms with E-state index in [0.717, 1.165) is 43.1 Å². The predicted molar refractivity (Wildman–Crippen MR) is 115 cm³/mol. The molecule has 3 aliphatic heterocycles. The molecule has 1 aromatic carbocycles. The molecule has 0 bridgehead atoms. The summed E-state index contributed by atoms with van der Waals surface area (Å²) in [5, 5.41) is 8.68. The first-order valence-electron chi connectivity index (χ1n) is 10.8. The monoisotopic (exact) mass is 437 g/mol. The van der Waals surface area contributed by atoms with Crippen LogP contribution in [0.2, 0.25) is 0 Å². The Hall–Kier alpha value is -2.32. The van der Waals surface area contributed by atoms with Crippen LogP contribution >= 0.6 is 11.6 Å². The molecule has 31 heavy (non-hydrogen) atoms. The van der Waals surface area contributed by atoms with Gasteiger partial charge >= 0.3 is 0 Å². The van der Waals surface area contributed by atoms with Crippen molar-refractivity contribution in [2.24, 2.45) is 0 Å². The van der Waals surface area contributed by atoms with Crippen molar-refractivity contribution in [2.45, 2.75) is 36.5 Å². The third kappa shape index (κ3) is 3.27. The van der Waals surface area contributed by atoms with Crippen LogP contribution < -0.4 is 0 Å². The highest BCUT2D eigenvalue weighted by Crippen LogP contribution is 2.45. The molecule has 8 heteroatoms. The summed E-state index contributed by atoms with van der Waals surface area (Å²) < 4.78 is 14.3. The largest absolute Gasteiger partial charge is 0.345 e. The first-order chi connectivity index (χ1) is 15.2. The number of halogens is 1. The normalized spacial score (nSPS) is 24.8. The Labute approximate surface area is 186 Å². The van der Waals surface area contributed by atoms with Crippen LogP contribution in [0.4, 0.5) is 0 Å². The van der Waals surface area contributed by atoms with E-state index >= 15 is 0 Å². The number of rotatable bonds is 3. The van der Waals surface area contributed by atoms with Gasteiger partial charge in [0.25, 0.3) is 0 Å². The lowest BCUT2D eigenvalue weighted by Crippen LogP contribution is -2.37. The van der Waals surface area contributed by atoms with Crippen LogP contribution in [-0.2, 0) is 22.4 Å². The molecule has 5 heterocycles. The van der Waals surface area contributed by atoms with Crippen LogP contribution in [0.5, 0.6) is 0 Å². The van der Waals surface area contributed by atoms with Gasteiger partial charge in [-0.15, -0.1) is 21.8 Å². The van der Waals surface area contributed by atoms with Crippen molar-refractivity contribution < 1.29 is 9.47 Å². The number of likely N-dealkylation sites (tertiary alicyclic amines) is 1. The number of nitrogens with zero attached hydrogens (tertiary/aromatic N) is 5. The lowest BCUT2D eigenvalue weighted by molar-refractivity contribution is -0.159. The smallest absolute Gasteiger partial charge is 0.196 e. The maximum atomic E-state index is 6.97. The number of benzene rings is 1. The molecule has 6 rings (SSSR count). The molecule has 0 amide bonds. The number of alkyl halides is 1. The number of aromatic nitrogens is 4. The molecule has 0 radical (unpaired) electrons. The van der Waals surface area contributed by atoms with Gasteiger partial charge < -0.3 is 9.47 Å². The van der Waals surface area contributed by atoms with E-state index in [9.17, 15) is 0 Å². The van der Waals surface area contributed by atoms with Crippen LogP contribution in [0.3, 0.4) is 0 Å². The molecular formula is C23H24ClN5O2. The van der Waals surface area contributed by atoms with E-state index in [2.05, 4.69) is 42.8 Å². The van der Waals surface area contributed by atoms with E-state index in [1.165, 1.54) is 5.56 Å². The minimum absolute atomic E-state index is 0.286. The standard InChI is InChI=1S/C23H24ClN5O2/c24-20-22-27-26-21(18-7-9-28(15-18)14-16-4-3-8-25-13-16)29(22)19-6-2-1-5-17(19)12-23(20)30-10-11-31-23/h1-6,8,13,18,20H,7,9-12,14-15H2. The van der Waals surface area contributed by atoms with Crippen LogP contribution in [-0.4, -0.2) is 56.7 Å². The van der Waals surface area contributed by atoms with E-state index in [4.69, 9.17) is 21.1 Å². The second-order valence-corrected chi connectivity index (χ2v) is 8.95. The molecule has 2 aromatic heterocycles. The molecule has 7 nitrogen and oxygen atoms in total. The van der Waals surface area contributed by atoms with Crippen molar-refractivity contribution in [3.8, 4) is 5.69 Å². The van der Waals surface area contributed by atoms with Gasteiger partial charge in [0.15, 0.2) is 11.6 Å². The fraction of sp³-hybridized carbons (Fsp3) is 0.435. The molecule has 0 saturated carbocycles. The van der Waals surface area contributed by atoms with Crippen molar-refractivity contribution in [1.82, 2.24) is 24.6 Å². The summed E-state index contributed by atoms with van der Waals surface area (Å²) in [5.74, 6) is 1.07. The third-order valence-corrected chi connectivity index (χ3v) is 7.07. The van der Waals surface area contributed by atoms with Gasteiger partial charge in [-0.2, -0.15) is 0 Å². The van der Waals surface area contributed by atoms with E-state index in [1.54, 1.807) is 0 Å². The Balaban J connectivity index is 1.36. The summed E-state index contributed by atoms with van der Waals surface area (Å²) in [6.45, 7) is 3.92. The first-order valence-corrected chi connectivity index (χ1v) is 11.2. The van der Waals surface area contributed by atoms with Gasteiger partial charge in [-0.05, 0) is 36.2 Å². The summed E-state index contributed by atoms with van der Waals surface area (Å²) in [4.78, 5) is 6.69. The number of hydrogen-bond donors (Lipinski definition) is 0. The second-order valence-electron chi connectivity index (χ2n) is 8.51. The van der Waals surface area contributed by atoms with E-state index in [-0.39, 0.29) is 5.92 Å². The van der Waals surface area contributed by atoms with Gasteiger partial charge in [0.05, 0.1) is 18.9 Å². The minimum atomic E-state index is -0.891. The van der Waals surface area contributed by atoms with Crippen molar-refractivity contribution >= 4 is 11.6 Å². The fourth-order valence-electron chi connectivity index (χ4n) is 5.07. The molecule has 2 fully saturated rings. The fourth-order valence-corrected chi connectivity index (χ4v) is 5.41. The molecule has 2 saturated heterocycles. The number of hydrogen-bond acceptors (Lipinski definition) is 6. The Morgan fingerprint density at radius 1 is 1.06 bits per heavy atom. The first kappa shape index (κ1) is 19.4. The zero-order valence-electron chi connectivity index (χ0n) is 17.2. The molecule has 2 unspecified atom stereocenters. The Morgan fingerprint density at radius 2 is 1.90 bits per heavy atom. The highest BCUT2D eigenvalue weighted by atomic mass is 35.5. The van der Waals surface area contributed by atoms with Gasteiger partial charge in [-0.3, -0.25) is 14.5 Å². The van der Waals surface area contributed by atoms with Crippen LogP contribution in [0.15, 0.2) is 48.8 Å². The number of para-hydroxylation sites is 1. The van der Waals surface area contributed by atoms with Crippen molar-refractivity contribution in [1.29, 1.82) is 0 Å². The second kappa shape index (κ2) is 7.67. The van der Waals surface area contributed by atoms with Gasteiger partial charge in [0, 0.05) is 37.8 Å². The lowest BCUT2D eigenvalue weighted by Gasteiger charge is -2.29. The quantitative estimate of drug-likeness (QED) is 0.586. The average Bonchev–Trinajstić information content (AvgIpc) is 3.53. The zero-order valence-corrected chi connectivity index (χ0v) is 17.9. The van der Waals surface area contributed by atoms with Gasteiger partial charge in [0.1, 0.15) is 11.2 Å². The molecule has 1 spiro atoms. The van der Waals surface area contributed by atoms with E-state index < -0.39 is 11.2 Å². The summed E-state index contributed by atoms with van der Waals surface area (Å²) >= 11 is 6.97. The molecular weight excluding hydrogens is 414 g/mol. The average molecular weight is 438 g/mol. The molecule has 0 N–H and O–H groups in total. The zero-order chi connectivity index (χ0) is 20.8. The van der Waals surface area contributed by atoms with E-state index in [0.29, 0.717) is 25.5 Å². The SMILES string of the molecule is ClC1c2nnc(C3CCN(Cc4cccnc4)C3)n2-c2ccccc2CC12OCCO2. The van der Waals surface area contributed by atoms with Crippen molar-refractivity contribution in [3.63, 3.8) is 0 Å². The van der Waals surface area contributed by atoms with Crippen molar-refractivity contribution in [3.05, 3.63) is 71.6 Å². The lowest BCUT2D eigenvalue weighted by atomic mass is 10.0. The van der Waals surface area contributed by atoms with Crippen LogP contribution in [0.1, 0.15) is 40.5 Å². The molecule has 2 atom stereocenters. The Morgan fingerprint density at radius 3 is 2.74 bits per heavy atom. The molecule has 160 valence electrons. The van der Waals surface area contributed by atoms with Gasteiger partial charge in [0.2, 0.25) is 0 Å². The molecule has 3 aliphatic rings. The van der Waals surface area contributed by atoms with Gasteiger partial charge in [-0.1, -0.05) is 24.3 Å². The molecule has 3 aromatic rings. The Bertz CT molecular complexity index is 1080. The number of fused-ring (bicyclic) bond motifs is 3. The van der Waals surface area contributed by atoms with Crippen LogP contribution in [0, 0.1) is 0 Å². The topological polar surface area (TPSA) is 65.3 Å². The summed E-state index contributed by atoms with van der Waals surface area (Å²) in [6.07, 6.45) is 5.38. The highest BCUT2D eigenvalue weighted by molar-refractivity contribution is 6.21. The maximum absolute atomic E-state index is 6.97. The van der Waals surface area contributed by atoms with Crippen molar-refractivity contribution in [2.75, 3.05) is 26.3 Å². The highest BCUT2D eigenvalue weighted by Gasteiger charge is 2.50. The minimum Gasteiger partial charge on any atom is -0.345 e. The Kier molecular flexibility index (Phi) is 4.79. The maximum Gasteiger partial charge on any atom is 0.196 e. The molecule has 0 aliphatic carbocycles. The number of ether oxygens (including phenoxy) is 2. The summed E-state index contributed by atoms with van der Waals surface area (Å²) in [6, 6.07) is 12.4. The predicted octanol–water partition coefficient (Wildman–Crippen LogP) is 3.23. The summed E-state index contributed by atoms with van der Waals surface area (Å²) in [7, 11) is 0. The number of pyridine rings is 1. The summed E-state index contributed by atoms with van der Waals surface area (Å²) in [5.41, 5.74) is 3.44. The van der Waals surface area contributed by atoms with E-state index in [1.807, 2.05) is 30.6 Å².